The highest BCUT2D eigenvalue weighted by Gasteiger charge is 2.03. The third kappa shape index (κ3) is 8.90. The van der Waals surface area contributed by atoms with Crippen molar-refractivity contribution in [1.29, 1.82) is 0 Å². The molecule has 2 unspecified atom stereocenters. The molecule has 0 heterocycles. The number of hydrogen-bond acceptors (Lipinski definition) is 5. The van der Waals surface area contributed by atoms with E-state index in [9.17, 15) is 0 Å². The van der Waals surface area contributed by atoms with Crippen LogP contribution >= 0.6 is 24.1 Å². The van der Waals surface area contributed by atoms with E-state index in [0.717, 1.165) is 12.8 Å². The van der Waals surface area contributed by atoms with Gasteiger partial charge in [0.25, 0.3) is 0 Å². The third-order valence-electron chi connectivity index (χ3n) is 1.56. The van der Waals surface area contributed by atoms with Crippen LogP contribution in [-0.4, -0.2) is 33.9 Å². The van der Waals surface area contributed by atoms with E-state index in [-0.39, 0.29) is 12.2 Å². The first-order valence-electron chi connectivity index (χ1n) is 4.47. The van der Waals surface area contributed by atoms with Crippen molar-refractivity contribution in [3.63, 3.8) is 0 Å². The molecule has 80 valence electrons. The van der Waals surface area contributed by atoms with Crippen LogP contribution in [0.1, 0.15) is 26.7 Å². The fourth-order valence-electron chi connectivity index (χ4n) is 0.482. The van der Waals surface area contributed by atoms with Crippen molar-refractivity contribution in [2.24, 2.45) is 0 Å². The van der Waals surface area contributed by atoms with Gasteiger partial charge in [-0.05, 0) is 12.8 Å². The van der Waals surface area contributed by atoms with Crippen LogP contribution in [-0.2, 0) is 3.63 Å². The Balaban J connectivity index is 3.08. The van der Waals surface area contributed by atoms with Crippen LogP contribution in [0.4, 0.5) is 0 Å². The highest BCUT2D eigenvalue weighted by molar-refractivity contribution is 8.07. The van der Waals surface area contributed by atoms with Gasteiger partial charge >= 0.3 is 0 Å². The molecule has 0 aromatic rings. The van der Waals surface area contributed by atoms with Gasteiger partial charge in [0, 0.05) is 35.6 Å². The van der Waals surface area contributed by atoms with Crippen LogP contribution in [0.15, 0.2) is 0 Å². The second-order valence-electron chi connectivity index (χ2n) is 2.76. The normalized spacial score (nSPS) is 15.7. The average Bonchev–Trinajstić information content (AvgIpc) is 2.16. The maximum atomic E-state index is 9.15. The van der Waals surface area contributed by atoms with Crippen LogP contribution in [0.3, 0.4) is 0 Å². The van der Waals surface area contributed by atoms with E-state index < -0.39 is 0 Å². The minimum absolute atomic E-state index is 0.290. The lowest BCUT2D eigenvalue weighted by Crippen LogP contribution is -2.09. The summed E-state index contributed by atoms with van der Waals surface area (Å²) in [5.74, 6) is 1.18. The molecule has 0 aromatic carbocycles. The summed E-state index contributed by atoms with van der Waals surface area (Å²) in [5, 5.41) is 18.3. The predicted octanol–water partition coefficient (Wildman–Crippen LogP) is 1.84. The molecule has 0 rings (SSSR count). The Morgan fingerprint density at radius 1 is 1.00 bits per heavy atom. The first-order chi connectivity index (χ1) is 6.20. The van der Waals surface area contributed by atoms with Crippen LogP contribution in [0, 0.1) is 0 Å². The molecular formula is C8H18O3S2. The van der Waals surface area contributed by atoms with Crippen molar-refractivity contribution < 1.29 is 13.8 Å². The summed E-state index contributed by atoms with van der Waals surface area (Å²) in [6.07, 6.45) is 0.917. The van der Waals surface area contributed by atoms with Gasteiger partial charge in [0.05, 0.1) is 12.2 Å². The topological polar surface area (TPSA) is 49.7 Å². The summed E-state index contributed by atoms with van der Waals surface area (Å²) in [6.45, 7) is 3.86. The molecule has 2 atom stereocenters. The molecule has 0 aliphatic carbocycles. The third-order valence-corrected chi connectivity index (χ3v) is 3.37. The highest BCUT2D eigenvalue weighted by atomic mass is 32.2. The highest BCUT2D eigenvalue weighted by Crippen LogP contribution is 2.17. The molecule has 0 radical (unpaired) electrons. The molecule has 0 aromatic heterocycles. The van der Waals surface area contributed by atoms with Crippen molar-refractivity contribution in [1.82, 2.24) is 0 Å². The Hall–Kier alpha value is 0.580. The second-order valence-corrected chi connectivity index (χ2v) is 4.44. The SMILES string of the molecule is CCC(O)CSOSCC(O)CC. The summed E-state index contributed by atoms with van der Waals surface area (Å²) in [6, 6.07) is 0. The van der Waals surface area contributed by atoms with Gasteiger partial charge in [0.15, 0.2) is 0 Å². The Morgan fingerprint density at radius 2 is 1.38 bits per heavy atom. The minimum Gasteiger partial charge on any atom is -0.392 e. The Labute approximate surface area is 88.7 Å². The lowest BCUT2D eigenvalue weighted by Gasteiger charge is -2.07. The van der Waals surface area contributed by atoms with Gasteiger partial charge in [0.2, 0.25) is 0 Å². The maximum Gasteiger partial charge on any atom is 0.0650 e. The van der Waals surface area contributed by atoms with E-state index in [1.807, 2.05) is 13.8 Å². The molecule has 3 nitrogen and oxygen atoms in total. The van der Waals surface area contributed by atoms with E-state index in [1.54, 1.807) is 0 Å². The average molecular weight is 226 g/mol. The molecular weight excluding hydrogens is 208 g/mol. The first kappa shape index (κ1) is 13.6. The summed E-state index contributed by atoms with van der Waals surface area (Å²) in [4.78, 5) is 0. The summed E-state index contributed by atoms with van der Waals surface area (Å²) < 4.78 is 5.09. The first-order valence-corrected chi connectivity index (χ1v) is 6.30. The molecule has 0 spiro atoms. The van der Waals surface area contributed by atoms with Crippen molar-refractivity contribution in [2.75, 3.05) is 11.5 Å². The number of aliphatic hydroxyl groups excluding tert-OH is 2. The summed E-state index contributed by atoms with van der Waals surface area (Å²) >= 11 is 2.48. The van der Waals surface area contributed by atoms with Gasteiger partial charge in [-0.15, -0.1) is 0 Å². The number of aliphatic hydroxyl groups is 2. The monoisotopic (exact) mass is 226 g/mol. The largest absolute Gasteiger partial charge is 0.392 e. The van der Waals surface area contributed by atoms with Gasteiger partial charge in [-0.25, -0.2) is 3.63 Å². The standard InChI is InChI=1S/C8H18O3S2/c1-3-7(9)5-12-11-13-6-8(10)4-2/h7-10H,3-6H2,1-2H3. The summed E-state index contributed by atoms with van der Waals surface area (Å²) in [7, 11) is 0. The van der Waals surface area contributed by atoms with Crippen LogP contribution in [0.5, 0.6) is 0 Å². The van der Waals surface area contributed by atoms with Gasteiger partial charge in [0.1, 0.15) is 0 Å². The molecule has 0 bridgehead atoms. The predicted molar refractivity (Wildman–Crippen MR) is 58.6 cm³/mol. The van der Waals surface area contributed by atoms with E-state index in [2.05, 4.69) is 0 Å². The van der Waals surface area contributed by atoms with Crippen molar-refractivity contribution >= 4 is 24.1 Å². The molecule has 0 saturated heterocycles. The Bertz CT molecular complexity index is 102. The number of hydrogen-bond donors (Lipinski definition) is 2. The zero-order valence-electron chi connectivity index (χ0n) is 8.10. The van der Waals surface area contributed by atoms with Gasteiger partial charge < -0.3 is 10.2 Å². The smallest absolute Gasteiger partial charge is 0.0650 e. The van der Waals surface area contributed by atoms with Crippen LogP contribution in [0.25, 0.3) is 0 Å². The van der Waals surface area contributed by atoms with E-state index in [1.165, 1.54) is 24.1 Å². The molecule has 0 aliphatic heterocycles. The fraction of sp³-hybridized carbons (Fsp3) is 1.00. The Kier molecular flexibility index (Phi) is 9.56. The van der Waals surface area contributed by atoms with Crippen molar-refractivity contribution in [3.8, 4) is 0 Å². The van der Waals surface area contributed by atoms with E-state index >= 15 is 0 Å². The van der Waals surface area contributed by atoms with Crippen molar-refractivity contribution in [3.05, 3.63) is 0 Å². The Morgan fingerprint density at radius 3 is 1.69 bits per heavy atom. The molecule has 0 fully saturated rings. The van der Waals surface area contributed by atoms with Gasteiger partial charge in [-0.3, -0.25) is 0 Å². The second kappa shape index (κ2) is 9.15. The molecule has 13 heavy (non-hydrogen) atoms. The fourth-order valence-corrected chi connectivity index (χ4v) is 1.98. The van der Waals surface area contributed by atoms with Gasteiger partial charge in [-0.2, -0.15) is 0 Å². The van der Waals surface area contributed by atoms with Crippen LogP contribution in [0.2, 0.25) is 0 Å². The minimum atomic E-state index is -0.290. The van der Waals surface area contributed by atoms with Gasteiger partial charge in [-0.1, -0.05) is 13.8 Å². The molecule has 2 N–H and O–H groups in total. The number of rotatable bonds is 8. The molecule has 0 aliphatic rings. The zero-order valence-corrected chi connectivity index (χ0v) is 9.74. The molecule has 0 amide bonds. The lowest BCUT2D eigenvalue weighted by atomic mass is 10.3. The lowest BCUT2D eigenvalue weighted by molar-refractivity contribution is 0.194. The van der Waals surface area contributed by atoms with Crippen LogP contribution < -0.4 is 0 Å². The summed E-state index contributed by atoms with van der Waals surface area (Å²) in [5.41, 5.74) is 0. The van der Waals surface area contributed by atoms with E-state index in [0.29, 0.717) is 11.5 Å². The maximum absolute atomic E-state index is 9.15. The van der Waals surface area contributed by atoms with E-state index in [4.69, 9.17) is 13.8 Å². The zero-order chi connectivity index (χ0) is 10.1. The quantitative estimate of drug-likeness (QED) is 0.488. The molecule has 5 heteroatoms. The van der Waals surface area contributed by atoms with Crippen molar-refractivity contribution in [2.45, 2.75) is 38.9 Å². The molecule has 0 saturated carbocycles.